The number of amides is 1. The van der Waals surface area contributed by atoms with E-state index >= 15 is 0 Å². The highest BCUT2D eigenvalue weighted by Gasteiger charge is 2.07. The van der Waals surface area contributed by atoms with Crippen LogP contribution in [0.2, 0.25) is 0 Å². The molecule has 0 unspecified atom stereocenters. The van der Waals surface area contributed by atoms with Crippen LogP contribution in [0.3, 0.4) is 0 Å². The van der Waals surface area contributed by atoms with Crippen LogP contribution in [0.1, 0.15) is 34.6 Å². The first-order valence-electron chi connectivity index (χ1n) is 8.11. The molecule has 9 heteroatoms. The summed E-state index contributed by atoms with van der Waals surface area (Å²) in [5.74, 6) is 1.76. The maximum Gasteiger partial charge on any atom is 0.253 e. The largest absolute Gasteiger partial charge is 0.357 e. The van der Waals surface area contributed by atoms with E-state index in [1.165, 1.54) is 0 Å². The van der Waals surface area contributed by atoms with E-state index in [0.717, 1.165) is 12.1 Å². The van der Waals surface area contributed by atoms with Gasteiger partial charge in [0.05, 0.1) is 13.1 Å². The third-order valence-corrected chi connectivity index (χ3v) is 3.35. The number of aryl methyl sites for hydroxylation is 1. The minimum atomic E-state index is -0.0140. The lowest BCUT2D eigenvalue weighted by atomic mass is 10.1. The second-order valence-corrected chi connectivity index (χ2v) is 5.68. The molecule has 1 aromatic carbocycles. The Bertz CT molecular complexity index is 727. The Morgan fingerprint density at radius 3 is 2.46 bits per heavy atom. The van der Waals surface area contributed by atoms with Gasteiger partial charge in [-0.2, -0.15) is 4.98 Å². The van der Waals surface area contributed by atoms with Gasteiger partial charge in [0.2, 0.25) is 5.89 Å². The summed E-state index contributed by atoms with van der Waals surface area (Å²) < 4.78 is 5.07. The van der Waals surface area contributed by atoms with Crippen molar-refractivity contribution in [1.82, 2.24) is 25.7 Å². The molecule has 26 heavy (non-hydrogen) atoms. The number of rotatable bonds is 6. The average molecular weight is 472 g/mol. The van der Waals surface area contributed by atoms with E-state index in [0.29, 0.717) is 36.3 Å². The number of carbonyl (C=O) groups excluding carboxylic acids is 1. The number of benzene rings is 1. The van der Waals surface area contributed by atoms with Gasteiger partial charge in [0.1, 0.15) is 0 Å². The van der Waals surface area contributed by atoms with E-state index in [2.05, 4.69) is 25.8 Å². The summed E-state index contributed by atoms with van der Waals surface area (Å²) in [6, 6.07) is 7.44. The molecule has 0 saturated carbocycles. The number of aromatic nitrogens is 2. The minimum absolute atomic E-state index is 0. The molecule has 0 aliphatic heterocycles. The zero-order chi connectivity index (χ0) is 18.2. The van der Waals surface area contributed by atoms with Crippen LogP contribution in [0.4, 0.5) is 0 Å². The lowest BCUT2D eigenvalue weighted by Crippen LogP contribution is -2.36. The van der Waals surface area contributed by atoms with Crippen LogP contribution in [0.15, 0.2) is 33.8 Å². The molecule has 2 N–H and O–H groups in total. The highest BCUT2D eigenvalue weighted by molar-refractivity contribution is 14.0. The van der Waals surface area contributed by atoms with Crippen molar-refractivity contribution in [3.05, 3.63) is 47.1 Å². The zero-order valence-electron chi connectivity index (χ0n) is 15.4. The van der Waals surface area contributed by atoms with Crippen LogP contribution in [-0.4, -0.2) is 47.5 Å². The lowest BCUT2D eigenvalue weighted by Gasteiger charge is -2.11. The molecule has 1 heterocycles. The number of halogens is 1. The third-order valence-electron chi connectivity index (χ3n) is 3.35. The van der Waals surface area contributed by atoms with Crippen molar-refractivity contribution in [3.8, 4) is 0 Å². The van der Waals surface area contributed by atoms with E-state index in [-0.39, 0.29) is 29.9 Å². The van der Waals surface area contributed by atoms with Gasteiger partial charge in [-0.15, -0.1) is 24.0 Å². The van der Waals surface area contributed by atoms with Crippen LogP contribution in [0.5, 0.6) is 0 Å². The molecule has 0 bridgehead atoms. The number of hydrogen-bond acceptors (Lipinski definition) is 5. The predicted molar refractivity (Wildman–Crippen MR) is 111 cm³/mol. The molecule has 142 valence electrons. The van der Waals surface area contributed by atoms with Crippen LogP contribution >= 0.6 is 24.0 Å². The maximum atomic E-state index is 11.9. The van der Waals surface area contributed by atoms with Crippen molar-refractivity contribution >= 4 is 35.8 Å². The van der Waals surface area contributed by atoms with Gasteiger partial charge in [0, 0.05) is 26.2 Å². The molecule has 2 aromatic rings. The van der Waals surface area contributed by atoms with Gasteiger partial charge >= 0.3 is 0 Å². The fourth-order valence-electron chi connectivity index (χ4n) is 2.09. The molecule has 1 amide bonds. The molecule has 0 fully saturated rings. The van der Waals surface area contributed by atoms with E-state index < -0.39 is 0 Å². The van der Waals surface area contributed by atoms with Gasteiger partial charge in [0.15, 0.2) is 11.8 Å². The molecular formula is C17H25IN6O2. The van der Waals surface area contributed by atoms with E-state index in [1.807, 2.05) is 31.2 Å². The van der Waals surface area contributed by atoms with Crippen LogP contribution < -0.4 is 10.6 Å². The Morgan fingerprint density at radius 2 is 1.92 bits per heavy atom. The highest BCUT2D eigenvalue weighted by atomic mass is 127. The second kappa shape index (κ2) is 10.7. The van der Waals surface area contributed by atoms with E-state index in [1.54, 1.807) is 25.9 Å². The SMILES string of the molecule is CCNC(=NCc1ccc(C(=O)N(C)C)cc1)NCc1nc(C)no1.I. The van der Waals surface area contributed by atoms with Gasteiger partial charge in [-0.1, -0.05) is 17.3 Å². The summed E-state index contributed by atoms with van der Waals surface area (Å²) >= 11 is 0. The molecule has 0 atom stereocenters. The smallest absolute Gasteiger partial charge is 0.253 e. The number of guanidine groups is 1. The summed E-state index contributed by atoms with van der Waals surface area (Å²) in [5, 5.41) is 10.1. The molecule has 0 spiro atoms. The topological polar surface area (TPSA) is 95.7 Å². The molecule has 2 rings (SSSR count). The standard InChI is InChI=1S/C17H24N6O2.HI/c1-5-18-17(20-11-15-21-12(2)22-25-15)19-10-13-6-8-14(9-7-13)16(24)23(3)4;/h6-9H,5,10-11H2,1-4H3,(H2,18,19,20);1H. The maximum absolute atomic E-state index is 11.9. The van der Waals surface area contributed by atoms with Gasteiger partial charge < -0.3 is 20.1 Å². The number of nitrogens with one attached hydrogen (secondary N) is 2. The number of nitrogens with zero attached hydrogens (tertiary/aromatic N) is 4. The first-order valence-corrected chi connectivity index (χ1v) is 8.11. The van der Waals surface area contributed by atoms with E-state index in [4.69, 9.17) is 4.52 Å². The first kappa shape index (κ1) is 21.9. The molecule has 0 radical (unpaired) electrons. The molecule has 1 aromatic heterocycles. The Kier molecular flexibility index (Phi) is 9.03. The van der Waals surface area contributed by atoms with Gasteiger partial charge in [-0.05, 0) is 31.5 Å². The Balaban J connectivity index is 0.00000338. The summed E-state index contributed by atoms with van der Waals surface area (Å²) in [6.07, 6.45) is 0. The third kappa shape index (κ3) is 6.62. The van der Waals surface area contributed by atoms with Gasteiger partial charge in [-0.3, -0.25) is 4.79 Å². The molecule has 0 saturated heterocycles. The van der Waals surface area contributed by atoms with Crippen LogP contribution in [0, 0.1) is 6.92 Å². The summed E-state index contributed by atoms with van der Waals surface area (Å²) in [6.45, 7) is 5.41. The second-order valence-electron chi connectivity index (χ2n) is 5.68. The first-order chi connectivity index (χ1) is 12.0. The minimum Gasteiger partial charge on any atom is -0.357 e. The quantitative estimate of drug-likeness (QED) is 0.379. The Labute approximate surface area is 170 Å². The normalized spacial score (nSPS) is 10.8. The van der Waals surface area contributed by atoms with Crippen molar-refractivity contribution in [2.24, 2.45) is 4.99 Å². The van der Waals surface area contributed by atoms with E-state index in [9.17, 15) is 4.79 Å². The summed E-state index contributed by atoms with van der Waals surface area (Å²) in [4.78, 5) is 22.1. The zero-order valence-corrected chi connectivity index (χ0v) is 17.8. The fraction of sp³-hybridized carbons (Fsp3) is 0.412. The van der Waals surface area contributed by atoms with Crippen molar-refractivity contribution in [1.29, 1.82) is 0 Å². The number of aliphatic imine (C=N–C) groups is 1. The van der Waals surface area contributed by atoms with Crippen LogP contribution in [-0.2, 0) is 13.1 Å². The Morgan fingerprint density at radius 1 is 1.23 bits per heavy atom. The Hall–Kier alpha value is -2.17. The number of hydrogen-bond donors (Lipinski definition) is 2. The monoisotopic (exact) mass is 472 g/mol. The highest BCUT2D eigenvalue weighted by Crippen LogP contribution is 2.07. The summed E-state index contributed by atoms with van der Waals surface area (Å²) in [7, 11) is 3.47. The average Bonchev–Trinajstić information content (AvgIpc) is 3.02. The van der Waals surface area contributed by atoms with Crippen molar-refractivity contribution < 1.29 is 9.32 Å². The van der Waals surface area contributed by atoms with Gasteiger partial charge in [0.25, 0.3) is 5.91 Å². The molecular weight excluding hydrogens is 447 g/mol. The predicted octanol–water partition coefficient (Wildman–Crippen LogP) is 1.95. The van der Waals surface area contributed by atoms with Crippen LogP contribution in [0.25, 0.3) is 0 Å². The van der Waals surface area contributed by atoms with Crippen molar-refractivity contribution in [2.45, 2.75) is 26.9 Å². The fourth-order valence-corrected chi connectivity index (χ4v) is 2.09. The number of carbonyl (C=O) groups is 1. The lowest BCUT2D eigenvalue weighted by molar-refractivity contribution is 0.0827. The summed E-state index contributed by atoms with van der Waals surface area (Å²) in [5.41, 5.74) is 1.68. The van der Waals surface area contributed by atoms with Crippen molar-refractivity contribution in [3.63, 3.8) is 0 Å². The molecule has 8 nitrogen and oxygen atoms in total. The van der Waals surface area contributed by atoms with Gasteiger partial charge in [-0.25, -0.2) is 4.99 Å². The molecule has 0 aliphatic carbocycles. The van der Waals surface area contributed by atoms with Crippen molar-refractivity contribution in [2.75, 3.05) is 20.6 Å². The molecule has 0 aliphatic rings.